The zero-order valence-corrected chi connectivity index (χ0v) is 16.3. The van der Waals surface area contributed by atoms with Crippen LogP contribution in [0.25, 0.3) is 0 Å². The van der Waals surface area contributed by atoms with Crippen molar-refractivity contribution in [3.63, 3.8) is 0 Å². The second-order valence-corrected chi connectivity index (χ2v) is 9.73. The topological polar surface area (TPSA) is 27.7 Å². The third-order valence-electron chi connectivity index (χ3n) is 4.08. The van der Waals surface area contributed by atoms with Crippen molar-refractivity contribution in [2.75, 3.05) is 19.8 Å². The van der Waals surface area contributed by atoms with E-state index in [0.717, 1.165) is 64.8 Å². The summed E-state index contributed by atoms with van der Waals surface area (Å²) in [4.78, 5) is 0. The molecule has 0 heterocycles. The third-order valence-corrected chi connectivity index (χ3v) is 7.85. The molecule has 0 rings (SSSR count). The number of hydrogen-bond acceptors (Lipinski definition) is 3. The van der Waals surface area contributed by atoms with Crippen LogP contribution in [0.3, 0.4) is 0 Å². The molecule has 0 N–H and O–H groups in total. The maximum Gasteiger partial charge on any atom is 0.506 e. The maximum atomic E-state index is 6.31. The Balaban J connectivity index is 4.96. The average molecular weight is 319 g/mol. The molecule has 0 bridgehead atoms. The minimum absolute atomic E-state index is 0.0256. The van der Waals surface area contributed by atoms with Gasteiger partial charge in [-0.1, -0.05) is 60.8 Å². The van der Waals surface area contributed by atoms with Crippen LogP contribution in [0.2, 0.25) is 5.04 Å². The monoisotopic (exact) mass is 318 g/mol. The molecule has 0 spiro atoms. The summed E-state index contributed by atoms with van der Waals surface area (Å²) >= 11 is 0. The zero-order valence-electron chi connectivity index (χ0n) is 15.3. The summed E-state index contributed by atoms with van der Waals surface area (Å²) in [6.07, 6.45) is 7.65. The summed E-state index contributed by atoms with van der Waals surface area (Å²) < 4.78 is 18.9. The van der Waals surface area contributed by atoms with Gasteiger partial charge in [0.25, 0.3) is 0 Å². The lowest BCUT2D eigenvalue weighted by Gasteiger charge is -2.41. The molecule has 0 unspecified atom stereocenters. The van der Waals surface area contributed by atoms with Gasteiger partial charge in [0.05, 0.1) is 0 Å². The van der Waals surface area contributed by atoms with Crippen LogP contribution in [-0.4, -0.2) is 28.6 Å². The van der Waals surface area contributed by atoms with Gasteiger partial charge in [0, 0.05) is 24.9 Å². The first-order chi connectivity index (χ1) is 9.99. The Morgan fingerprint density at radius 1 is 0.667 bits per heavy atom. The number of rotatable bonds is 14. The van der Waals surface area contributed by atoms with Crippen molar-refractivity contribution in [3.8, 4) is 0 Å². The fourth-order valence-corrected chi connectivity index (χ4v) is 5.07. The van der Waals surface area contributed by atoms with Gasteiger partial charge >= 0.3 is 8.80 Å². The minimum atomic E-state index is -2.63. The van der Waals surface area contributed by atoms with E-state index in [1.165, 1.54) is 0 Å². The molecule has 0 atom stereocenters. The molecule has 4 heteroatoms. The minimum Gasteiger partial charge on any atom is -0.373 e. The summed E-state index contributed by atoms with van der Waals surface area (Å²) in [5.74, 6) is 0. The van der Waals surface area contributed by atoms with E-state index in [-0.39, 0.29) is 5.04 Å². The standard InChI is InChI=1S/C17H38O3Si/c1-7-11-14-18-21(17(5,6)10-4,19-15-12-8-2)20-16-13-9-3/h7-16H2,1-6H3. The Labute approximate surface area is 134 Å². The quantitative estimate of drug-likeness (QED) is 0.310. The van der Waals surface area contributed by atoms with Crippen molar-refractivity contribution in [2.24, 2.45) is 0 Å². The molecule has 0 amide bonds. The average Bonchev–Trinajstić information content (AvgIpc) is 2.47. The number of hydrogen-bond donors (Lipinski definition) is 0. The Morgan fingerprint density at radius 3 is 1.24 bits per heavy atom. The van der Waals surface area contributed by atoms with E-state index in [0.29, 0.717) is 0 Å². The lowest BCUT2D eigenvalue weighted by molar-refractivity contribution is 0.0340. The fourth-order valence-electron chi connectivity index (χ4n) is 1.98. The van der Waals surface area contributed by atoms with Gasteiger partial charge in [-0.3, -0.25) is 0 Å². The van der Waals surface area contributed by atoms with E-state index >= 15 is 0 Å². The highest BCUT2D eigenvalue weighted by Gasteiger charge is 2.54. The van der Waals surface area contributed by atoms with Gasteiger partial charge in [0.15, 0.2) is 0 Å². The summed E-state index contributed by atoms with van der Waals surface area (Å²) in [5.41, 5.74) is 0. The molecule has 21 heavy (non-hydrogen) atoms. The molecule has 128 valence electrons. The molecule has 3 nitrogen and oxygen atoms in total. The van der Waals surface area contributed by atoms with Crippen LogP contribution >= 0.6 is 0 Å². The van der Waals surface area contributed by atoms with Gasteiger partial charge in [0.2, 0.25) is 0 Å². The van der Waals surface area contributed by atoms with E-state index in [2.05, 4.69) is 41.5 Å². The largest absolute Gasteiger partial charge is 0.506 e. The lowest BCUT2D eigenvalue weighted by atomic mass is 10.1. The fraction of sp³-hybridized carbons (Fsp3) is 1.00. The molecule has 0 aromatic heterocycles. The van der Waals surface area contributed by atoms with Crippen LogP contribution in [0, 0.1) is 0 Å². The van der Waals surface area contributed by atoms with Crippen molar-refractivity contribution < 1.29 is 13.3 Å². The summed E-state index contributed by atoms with van der Waals surface area (Å²) in [6, 6.07) is 0. The second-order valence-electron chi connectivity index (χ2n) is 6.40. The molecular weight excluding hydrogens is 280 g/mol. The Bertz CT molecular complexity index is 218. The van der Waals surface area contributed by atoms with Gasteiger partial charge in [-0.2, -0.15) is 0 Å². The van der Waals surface area contributed by atoms with E-state index in [4.69, 9.17) is 13.3 Å². The molecule has 0 aliphatic heterocycles. The predicted octanol–water partition coefficient (Wildman–Crippen LogP) is 5.57. The van der Waals surface area contributed by atoms with E-state index in [1.807, 2.05) is 0 Å². The second kappa shape index (κ2) is 11.6. The predicted molar refractivity (Wildman–Crippen MR) is 92.7 cm³/mol. The Kier molecular flexibility index (Phi) is 11.7. The van der Waals surface area contributed by atoms with Crippen molar-refractivity contribution in [1.82, 2.24) is 0 Å². The summed E-state index contributed by atoms with van der Waals surface area (Å²) in [5, 5.41) is -0.0256. The van der Waals surface area contributed by atoms with Crippen LogP contribution in [0.5, 0.6) is 0 Å². The molecule has 0 saturated heterocycles. The molecule has 0 aliphatic rings. The van der Waals surface area contributed by atoms with Crippen LogP contribution in [0.1, 0.15) is 86.5 Å². The lowest BCUT2D eigenvalue weighted by Crippen LogP contribution is -2.55. The van der Waals surface area contributed by atoms with Crippen molar-refractivity contribution >= 4 is 8.80 Å². The van der Waals surface area contributed by atoms with Gasteiger partial charge in [0.1, 0.15) is 0 Å². The van der Waals surface area contributed by atoms with Crippen LogP contribution < -0.4 is 0 Å². The number of unbranched alkanes of at least 4 members (excludes halogenated alkanes) is 3. The highest BCUT2D eigenvalue weighted by Crippen LogP contribution is 2.42. The molecule has 0 aromatic carbocycles. The van der Waals surface area contributed by atoms with Crippen molar-refractivity contribution in [3.05, 3.63) is 0 Å². The molecular formula is C17H38O3Si. The highest BCUT2D eigenvalue weighted by molar-refractivity contribution is 6.64. The van der Waals surface area contributed by atoms with Crippen LogP contribution in [0.15, 0.2) is 0 Å². The van der Waals surface area contributed by atoms with Crippen molar-refractivity contribution in [1.29, 1.82) is 0 Å². The summed E-state index contributed by atoms with van der Waals surface area (Å²) in [7, 11) is -2.63. The normalized spacial score (nSPS) is 12.9. The van der Waals surface area contributed by atoms with E-state index in [9.17, 15) is 0 Å². The molecule has 0 saturated carbocycles. The van der Waals surface area contributed by atoms with E-state index < -0.39 is 8.80 Å². The van der Waals surface area contributed by atoms with Gasteiger partial charge < -0.3 is 13.3 Å². The highest BCUT2D eigenvalue weighted by atomic mass is 28.4. The zero-order chi connectivity index (χ0) is 16.2. The molecule has 0 aliphatic carbocycles. The third kappa shape index (κ3) is 7.27. The van der Waals surface area contributed by atoms with Gasteiger partial charge in [-0.25, -0.2) is 0 Å². The molecule has 0 fully saturated rings. The smallest absolute Gasteiger partial charge is 0.373 e. The first kappa shape index (κ1) is 21.1. The van der Waals surface area contributed by atoms with Gasteiger partial charge in [-0.15, -0.1) is 0 Å². The van der Waals surface area contributed by atoms with Crippen molar-refractivity contribution in [2.45, 2.75) is 91.5 Å². The Morgan fingerprint density at radius 2 is 1.00 bits per heavy atom. The molecule has 0 aromatic rings. The van der Waals surface area contributed by atoms with Gasteiger partial charge in [-0.05, 0) is 25.7 Å². The first-order valence-electron chi connectivity index (χ1n) is 8.91. The van der Waals surface area contributed by atoms with E-state index in [1.54, 1.807) is 0 Å². The SMILES string of the molecule is CCCCO[Si](OCCCC)(OCCCC)C(C)(C)CC. The Hall–Kier alpha value is 0.0969. The molecule has 0 radical (unpaired) electrons. The van der Waals surface area contributed by atoms with Crippen LogP contribution in [0.4, 0.5) is 0 Å². The maximum absolute atomic E-state index is 6.31. The first-order valence-corrected chi connectivity index (χ1v) is 10.6. The summed E-state index contributed by atoms with van der Waals surface area (Å²) in [6.45, 7) is 15.5. The van der Waals surface area contributed by atoms with Crippen LogP contribution in [-0.2, 0) is 13.3 Å².